The van der Waals surface area contributed by atoms with E-state index in [9.17, 15) is 4.79 Å². The molecule has 2 rings (SSSR count). The summed E-state index contributed by atoms with van der Waals surface area (Å²) in [5, 5.41) is -0.0218. The fourth-order valence-corrected chi connectivity index (χ4v) is 3.42. The van der Waals surface area contributed by atoms with Crippen molar-refractivity contribution in [3.05, 3.63) is 28.2 Å². The lowest BCUT2D eigenvalue weighted by molar-refractivity contribution is -0.116. The van der Waals surface area contributed by atoms with Crippen LogP contribution in [0.5, 0.6) is 0 Å². The van der Waals surface area contributed by atoms with Crippen LogP contribution in [0.2, 0.25) is 0 Å². The van der Waals surface area contributed by atoms with Crippen LogP contribution >= 0.6 is 39.9 Å². The molecule has 1 atom stereocenters. The van der Waals surface area contributed by atoms with Crippen molar-refractivity contribution in [2.75, 3.05) is 4.90 Å². The van der Waals surface area contributed by atoms with E-state index in [0.717, 1.165) is 22.1 Å². The Labute approximate surface area is 119 Å². The molecule has 5 heteroatoms. The maximum absolute atomic E-state index is 12.1. The summed E-state index contributed by atoms with van der Waals surface area (Å²) in [6.07, 6.45) is 0.815. The highest BCUT2D eigenvalue weighted by atomic mass is 79.9. The smallest absolute Gasteiger partial charge is 0.246 e. The number of thiocarbonyl (C=S) groups is 1. The molecule has 1 aliphatic heterocycles. The molecule has 1 amide bonds. The molecule has 1 aromatic rings. The zero-order valence-corrected chi connectivity index (χ0v) is 12.8. The first kappa shape index (κ1) is 13.1. The van der Waals surface area contributed by atoms with E-state index < -0.39 is 0 Å². The van der Waals surface area contributed by atoms with Crippen LogP contribution in [0.25, 0.3) is 0 Å². The van der Waals surface area contributed by atoms with Gasteiger partial charge in [0.15, 0.2) is 0 Å². The number of rotatable bonds is 2. The average molecular weight is 330 g/mol. The number of anilines is 1. The minimum Gasteiger partial charge on any atom is -0.273 e. The van der Waals surface area contributed by atoms with E-state index in [4.69, 9.17) is 12.2 Å². The average Bonchev–Trinajstić information content (AvgIpc) is 2.58. The van der Waals surface area contributed by atoms with Crippen LogP contribution in [-0.2, 0) is 4.79 Å². The maximum Gasteiger partial charge on any atom is 0.246 e. The fourth-order valence-electron chi connectivity index (χ4n) is 1.72. The second-order valence-electron chi connectivity index (χ2n) is 3.89. The predicted octanol–water partition coefficient (Wildman–Crippen LogP) is 3.90. The number of hydrogen-bond acceptors (Lipinski definition) is 3. The Bertz CT molecular complexity index is 489. The normalized spacial score (nSPS) is 20.2. The van der Waals surface area contributed by atoms with Crippen molar-refractivity contribution in [1.29, 1.82) is 0 Å². The number of thioether (sulfide) groups is 1. The van der Waals surface area contributed by atoms with Gasteiger partial charge >= 0.3 is 0 Å². The minimum absolute atomic E-state index is 0.0218. The van der Waals surface area contributed by atoms with Crippen LogP contribution in [0.1, 0.15) is 18.9 Å². The van der Waals surface area contributed by atoms with Crippen molar-refractivity contribution in [3.8, 4) is 0 Å². The number of benzene rings is 1. The third-order valence-electron chi connectivity index (χ3n) is 2.69. The summed E-state index contributed by atoms with van der Waals surface area (Å²) >= 11 is 10.2. The Morgan fingerprint density at radius 3 is 2.76 bits per heavy atom. The van der Waals surface area contributed by atoms with Gasteiger partial charge in [-0.05, 0) is 37.1 Å². The lowest BCUT2D eigenvalue weighted by Gasteiger charge is -2.16. The van der Waals surface area contributed by atoms with Crippen molar-refractivity contribution in [3.63, 3.8) is 0 Å². The summed E-state index contributed by atoms with van der Waals surface area (Å²) in [6, 6.07) is 5.84. The van der Waals surface area contributed by atoms with E-state index in [0.29, 0.717) is 4.32 Å². The first-order chi connectivity index (χ1) is 8.04. The van der Waals surface area contributed by atoms with Gasteiger partial charge in [-0.2, -0.15) is 0 Å². The van der Waals surface area contributed by atoms with Crippen molar-refractivity contribution >= 4 is 55.8 Å². The van der Waals surface area contributed by atoms with Crippen molar-refractivity contribution < 1.29 is 4.79 Å². The molecule has 0 radical (unpaired) electrons. The molecule has 1 aromatic carbocycles. The Morgan fingerprint density at radius 1 is 1.53 bits per heavy atom. The standard InChI is InChI=1S/C12H12BrNOS2/c1-3-10-11(15)14(12(16)17-10)8-4-5-9(13)7(2)6-8/h4-6,10H,3H2,1-2H3. The fraction of sp³-hybridized carbons (Fsp3) is 0.333. The van der Waals surface area contributed by atoms with Crippen LogP contribution in [0.3, 0.4) is 0 Å². The summed E-state index contributed by atoms with van der Waals surface area (Å²) in [6.45, 7) is 4.01. The van der Waals surface area contributed by atoms with Crippen LogP contribution in [0, 0.1) is 6.92 Å². The molecule has 1 unspecified atom stereocenters. The van der Waals surface area contributed by atoms with E-state index in [1.54, 1.807) is 4.90 Å². The molecule has 17 heavy (non-hydrogen) atoms. The molecule has 1 aliphatic rings. The zero-order chi connectivity index (χ0) is 12.6. The van der Waals surface area contributed by atoms with Gasteiger partial charge in [-0.25, -0.2) is 0 Å². The molecular formula is C12H12BrNOS2. The molecular weight excluding hydrogens is 318 g/mol. The van der Waals surface area contributed by atoms with Gasteiger partial charge in [-0.1, -0.05) is 46.8 Å². The third kappa shape index (κ3) is 2.41. The Balaban J connectivity index is 2.36. The van der Waals surface area contributed by atoms with Gasteiger partial charge in [0.1, 0.15) is 4.32 Å². The first-order valence-electron chi connectivity index (χ1n) is 5.35. The van der Waals surface area contributed by atoms with E-state index in [1.165, 1.54) is 11.8 Å². The Hall–Kier alpha value is -0.390. The largest absolute Gasteiger partial charge is 0.273 e. The highest BCUT2D eigenvalue weighted by Crippen LogP contribution is 2.34. The zero-order valence-electron chi connectivity index (χ0n) is 9.57. The highest BCUT2D eigenvalue weighted by molar-refractivity contribution is 9.10. The van der Waals surface area contributed by atoms with Gasteiger partial charge < -0.3 is 0 Å². The topological polar surface area (TPSA) is 20.3 Å². The quantitative estimate of drug-likeness (QED) is 0.767. The second-order valence-corrected chi connectivity index (χ2v) is 6.58. The molecule has 90 valence electrons. The number of carbonyl (C=O) groups excluding carboxylic acids is 1. The number of hydrogen-bond donors (Lipinski definition) is 0. The van der Waals surface area contributed by atoms with Gasteiger partial charge in [-0.3, -0.25) is 9.69 Å². The lowest BCUT2D eigenvalue weighted by atomic mass is 10.2. The molecule has 1 saturated heterocycles. The SMILES string of the molecule is CCC1SC(=S)N(c2ccc(Br)c(C)c2)C1=O. The van der Waals surface area contributed by atoms with Crippen LogP contribution < -0.4 is 4.90 Å². The first-order valence-corrected chi connectivity index (χ1v) is 7.43. The van der Waals surface area contributed by atoms with Gasteiger partial charge in [0.2, 0.25) is 5.91 Å². The lowest BCUT2D eigenvalue weighted by Crippen LogP contribution is -2.31. The molecule has 0 aromatic heterocycles. The molecule has 0 bridgehead atoms. The second kappa shape index (κ2) is 5.08. The van der Waals surface area contributed by atoms with E-state index in [2.05, 4.69) is 15.9 Å². The number of aryl methyl sites for hydroxylation is 1. The summed E-state index contributed by atoms with van der Waals surface area (Å²) in [5.41, 5.74) is 1.96. The molecule has 1 fully saturated rings. The predicted molar refractivity (Wildman–Crippen MR) is 80.6 cm³/mol. The summed E-state index contributed by atoms with van der Waals surface area (Å²) in [7, 11) is 0. The Morgan fingerprint density at radius 2 is 2.24 bits per heavy atom. The van der Waals surface area contributed by atoms with E-state index >= 15 is 0 Å². The number of halogens is 1. The van der Waals surface area contributed by atoms with Crippen molar-refractivity contribution in [2.24, 2.45) is 0 Å². The maximum atomic E-state index is 12.1. The van der Waals surface area contributed by atoms with E-state index in [-0.39, 0.29) is 11.2 Å². The summed E-state index contributed by atoms with van der Waals surface area (Å²) in [5.74, 6) is 0.101. The molecule has 0 N–H and O–H groups in total. The molecule has 2 nitrogen and oxygen atoms in total. The summed E-state index contributed by atoms with van der Waals surface area (Å²) in [4.78, 5) is 13.8. The molecule has 0 aliphatic carbocycles. The van der Waals surface area contributed by atoms with Gasteiger partial charge in [0.25, 0.3) is 0 Å². The van der Waals surface area contributed by atoms with Crippen LogP contribution in [0.15, 0.2) is 22.7 Å². The van der Waals surface area contributed by atoms with Crippen molar-refractivity contribution in [2.45, 2.75) is 25.5 Å². The van der Waals surface area contributed by atoms with E-state index in [1.807, 2.05) is 32.0 Å². The third-order valence-corrected chi connectivity index (χ3v) is 5.26. The summed E-state index contributed by atoms with van der Waals surface area (Å²) < 4.78 is 1.70. The van der Waals surface area contributed by atoms with Gasteiger partial charge in [0.05, 0.1) is 10.9 Å². The van der Waals surface area contributed by atoms with Crippen molar-refractivity contribution in [1.82, 2.24) is 0 Å². The number of amides is 1. The Kier molecular flexibility index (Phi) is 3.90. The highest BCUT2D eigenvalue weighted by Gasteiger charge is 2.36. The molecule has 1 heterocycles. The van der Waals surface area contributed by atoms with Gasteiger partial charge in [0, 0.05) is 4.47 Å². The number of nitrogens with zero attached hydrogens (tertiary/aromatic N) is 1. The molecule has 0 saturated carbocycles. The van der Waals surface area contributed by atoms with Gasteiger partial charge in [-0.15, -0.1) is 0 Å². The van der Waals surface area contributed by atoms with Crippen LogP contribution in [0.4, 0.5) is 5.69 Å². The monoisotopic (exact) mass is 329 g/mol. The van der Waals surface area contributed by atoms with Crippen LogP contribution in [-0.4, -0.2) is 15.5 Å². The minimum atomic E-state index is -0.0218. The number of carbonyl (C=O) groups is 1. The molecule has 0 spiro atoms.